The number of benzene rings is 1. The third kappa shape index (κ3) is 3.73. The Morgan fingerprint density at radius 2 is 1.78 bits per heavy atom. The van der Waals surface area contributed by atoms with Crippen LogP contribution in [0.3, 0.4) is 0 Å². The Bertz CT molecular complexity index is 700. The largest absolute Gasteiger partial charge is 0.480 e. The van der Waals surface area contributed by atoms with Gasteiger partial charge >= 0.3 is 5.97 Å². The number of hydrogen-bond donors (Lipinski definition) is 1. The van der Waals surface area contributed by atoms with Crippen LogP contribution in [0.1, 0.15) is 56.5 Å². The van der Waals surface area contributed by atoms with Crippen LogP contribution in [0.15, 0.2) is 24.3 Å². The third-order valence-corrected chi connectivity index (χ3v) is 5.85. The Balaban J connectivity index is 1.89. The van der Waals surface area contributed by atoms with Crippen molar-refractivity contribution in [2.24, 2.45) is 0 Å². The van der Waals surface area contributed by atoms with E-state index in [0.717, 1.165) is 25.2 Å². The molecule has 2 aliphatic heterocycles. The van der Waals surface area contributed by atoms with Gasteiger partial charge in [-0.2, -0.15) is 0 Å². The lowest BCUT2D eigenvalue weighted by Gasteiger charge is -2.44. The quantitative estimate of drug-likeness (QED) is 0.881. The highest BCUT2D eigenvalue weighted by molar-refractivity contribution is 5.97. The molecule has 2 heterocycles. The highest BCUT2D eigenvalue weighted by Crippen LogP contribution is 2.38. The first-order valence-corrected chi connectivity index (χ1v) is 9.71. The van der Waals surface area contributed by atoms with Gasteiger partial charge in [0.2, 0.25) is 0 Å². The van der Waals surface area contributed by atoms with E-state index in [1.165, 1.54) is 4.90 Å². The molecule has 2 saturated heterocycles. The van der Waals surface area contributed by atoms with E-state index in [0.29, 0.717) is 18.4 Å². The predicted octanol–water partition coefficient (Wildman–Crippen LogP) is 2.72. The summed E-state index contributed by atoms with van der Waals surface area (Å²) in [6.45, 7) is 11.1. The van der Waals surface area contributed by atoms with Gasteiger partial charge in [0.15, 0.2) is 6.04 Å². The normalized spacial score (nSPS) is 23.0. The average Bonchev–Trinajstić information content (AvgIpc) is 3.00. The fourth-order valence-electron chi connectivity index (χ4n) is 4.03. The first-order valence-electron chi connectivity index (χ1n) is 9.71. The summed E-state index contributed by atoms with van der Waals surface area (Å²) < 4.78 is 5.98. The van der Waals surface area contributed by atoms with Crippen molar-refractivity contribution in [1.82, 2.24) is 9.80 Å². The van der Waals surface area contributed by atoms with Gasteiger partial charge in [-0.15, -0.1) is 0 Å². The Kier molecular flexibility index (Phi) is 5.32. The minimum atomic E-state index is -1.01. The van der Waals surface area contributed by atoms with E-state index in [-0.39, 0.29) is 17.9 Å². The van der Waals surface area contributed by atoms with E-state index in [2.05, 4.69) is 32.6 Å². The molecule has 0 unspecified atom stereocenters. The van der Waals surface area contributed by atoms with Crippen LogP contribution in [0.4, 0.5) is 0 Å². The van der Waals surface area contributed by atoms with Gasteiger partial charge in [-0.05, 0) is 29.7 Å². The van der Waals surface area contributed by atoms with Crippen molar-refractivity contribution < 1.29 is 19.4 Å². The second kappa shape index (κ2) is 7.24. The zero-order valence-electron chi connectivity index (χ0n) is 16.7. The summed E-state index contributed by atoms with van der Waals surface area (Å²) in [6.07, 6.45) is 1.27. The van der Waals surface area contributed by atoms with Crippen molar-refractivity contribution in [3.8, 4) is 0 Å². The molecule has 1 spiro atoms. The smallest absolute Gasteiger partial charge is 0.328 e. The van der Waals surface area contributed by atoms with Crippen LogP contribution in [-0.2, 0) is 14.9 Å². The molecule has 0 aliphatic carbocycles. The molecule has 1 atom stereocenters. The molecule has 1 aromatic carbocycles. The van der Waals surface area contributed by atoms with Crippen LogP contribution in [0.2, 0.25) is 0 Å². The molecule has 1 amide bonds. The van der Waals surface area contributed by atoms with Crippen molar-refractivity contribution in [3.63, 3.8) is 0 Å². The van der Waals surface area contributed by atoms with Crippen LogP contribution >= 0.6 is 0 Å². The van der Waals surface area contributed by atoms with Crippen LogP contribution in [-0.4, -0.2) is 64.8 Å². The number of ether oxygens (including phenoxy) is 1. The fraction of sp³-hybridized carbons (Fsp3) is 0.619. The summed E-state index contributed by atoms with van der Waals surface area (Å²) in [7, 11) is 0. The molecular weight excluding hydrogens is 344 g/mol. The highest BCUT2D eigenvalue weighted by atomic mass is 16.5. The molecule has 3 rings (SSSR count). The van der Waals surface area contributed by atoms with Gasteiger partial charge in [-0.25, -0.2) is 4.79 Å². The third-order valence-electron chi connectivity index (χ3n) is 5.85. The number of hydrogen-bond acceptors (Lipinski definition) is 4. The summed E-state index contributed by atoms with van der Waals surface area (Å²) in [4.78, 5) is 28.9. The van der Waals surface area contributed by atoms with Gasteiger partial charge < -0.3 is 14.7 Å². The lowest BCUT2D eigenvalue weighted by Crippen LogP contribution is -2.58. The van der Waals surface area contributed by atoms with Crippen LogP contribution < -0.4 is 0 Å². The maximum absolute atomic E-state index is 13.3. The van der Waals surface area contributed by atoms with Crippen molar-refractivity contribution in [1.29, 1.82) is 0 Å². The number of nitrogens with zero attached hydrogens (tertiary/aromatic N) is 2. The zero-order chi connectivity index (χ0) is 19.8. The second-order valence-electron chi connectivity index (χ2n) is 8.55. The number of carbonyl (C=O) groups is 2. The molecule has 2 aliphatic rings. The summed E-state index contributed by atoms with van der Waals surface area (Å²) >= 11 is 0. The number of carboxylic acid groups (broad SMARTS) is 1. The first kappa shape index (κ1) is 19.8. The van der Waals surface area contributed by atoms with Crippen molar-refractivity contribution in [2.75, 3.05) is 26.2 Å². The minimum absolute atomic E-state index is 0.00383. The van der Waals surface area contributed by atoms with Crippen LogP contribution in [0, 0.1) is 0 Å². The van der Waals surface area contributed by atoms with Gasteiger partial charge in [0.1, 0.15) is 5.72 Å². The Labute approximate surface area is 161 Å². The maximum Gasteiger partial charge on any atom is 0.328 e. The molecule has 0 bridgehead atoms. The number of rotatable bonds is 3. The molecule has 0 saturated carbocycles. The molecule has 0 aromatic heterocycles. The van der Waals surface area contributed by atoms with Gasteiger partial charge in [0.05, 0.1) is 6.61 Å². The Morgan fingerprint density at radius 3 is 2.26 bits per heavy atom. The van der Waals surface area contributed by atoms with Gasteiger partial charge in [0.25, 0.3) is 5.91 Å². The van der Waals surface area contributed by atoms with E-state index < -0.39 is 17.7 Å². The SMILES string of the molecule is CCN1CCC2(CC1)OC[C@H](C(=O)O)N2C(=O)c1ccc(C(C)(C)C)cc1. The maximum atomic E-state index is 13.3. The molecule has 1 N–H and O–H groups in total. The van der Waals surface area contributed by atoms with Crippen molar-refractivity contribution >= 4 is 11.9 Å². The molecule has 6 heteroatoms. The molecule has 148 valence electrons. The number of carbonyl (C=O) groups excluding carboxylic acids is 1. The number of piperidine rings is 1. The van der Waals surface area contributed by atoms with E-state index in [4.69, 9.17) is 4.74 Å². The van der Waals surface area contributed by atoms with E-state index in [1.54, 1.807) is 12.1 Å². The highest BCUT2D eigenvalue weighted by Gasteiger charge is 2.53. The lowest BCUT2D eigenvalue weighted by molar-refractivity contribution is -0.143. The van der Waals surface area contributed by atoms with E-state index >= 15 is 0 Å². The van der Waals surface area contributed by atoms with Crippen molar-refractivity contribution in [3.05, 3.63) is 35.4 Å². The Morgan fingerprint density at radius 1 is 1.19 bits per heavy atom. The standard InChI is InChI=1S/C21H30N2O4/c1-5-22-12-10-21(11-13-22)23(17(14-27-21)19(25)26)18(24)15-6-8-16(9-7-15)20(2,3)4/h6-9,17H,5,10-14H2,1-4H3,(H,25,26)/t17-/m1/s1. The molecule has 0 radical (unpaired) electrons. The average molecular weight is 374 g/mol. The van der Waals surface area contributed by atoms with E-state index in [1.807, 2.05) is 12.1 Å². The van der Waals surface area contributed by atoms with Gasteiger partial charge in [-0.3, -0.25) is 9.69 Å². The van der Waals surface area contributed by atoms with Crippen LogP contribution in [0.25, 0.3) is 0 Å². The number of aliphatic carboxylic acids is 1. The van der Waals surface area contributed by atoms with Gasteiger partial charge in [-0.1, -0.05) is 39.8 Å². The summed E-state index contributed by atoms with van der Waals surface area (Å²) in [5.74, 6) is -1.27. The predicted molar refractivity (Wildman–Crippen MR) is 103 cm³/mol. The molecule has 6 nitrogen and oxygen atoms in total. The topological polar surface area (TPSA) is 70.1 Å². The fourth-order valence-corrected chi connectivity index (χ4v) is 4.03. The summed E-state index contributed by atoms with van der Waals surface area (Å²) in [6, 6.07) is 6.57. The number of carboxylic acids is 1. The minimum Gasteiger partial charge on any atom is -0.480 e. The lowest BCUT2D eigenvalue weighted by atomic mass is 9.86. The Hall–Kier alpha value is -1.92. The number of amides is 1. The van der Waals surface area contributed by atoms with Crippen molar-refractivity contribution in [2.45, 2.75) is 57.7 Å². The van der Waals surface area contributed by atoms with Gasteiger partial charge in [0, 0.05) is 31.5 Å². The molecule has 2 fully saturated rings. The van der Waals surface area contributed by atoms with E-state index in [9.17, 15) is 14.7 Å². The summed E-state index contributed by atoms with van der Waals surface area (Å²) in [5.41, 5.74) is 0.833. The number of likely N-dealkylation sites (tertiary alicyclic amines) is 1. The van der Waals surface area contributed by atoms with Crippen LogP contribution in [0.5, 0.6) is 0 Å². The monoisotopic (exact) mass is 374 g/mol. The molecule has 1 aromatic rings. The zero-order valence-corrected chi connectivity index (χ0v) is 16.7. The first-order chi connectivity index (χ1) is 12.7. The molecule has 27 heavy (non-hydrogen) atoms. The second-order valence-corrected chi connectivity index (χ2v) is 8.55. The summed E-state index contributed by atoms with van der Waals surface area (Å²) in [5, 5.41) is 9.66. The molecular formula is C21H30N2O4.